The van der Waals surface area contributed by atoms with Crippen molar-refractivity contribution in [2.45, 2.75) is 5.79 Å². The first kappa shape index (κ1) is 83.2. The van der Waals surface area contributed by atoms with E-state index >= 15 is 0 Å². The van der Waals surface area contributed by atoms with E-state index in [1.807, 2.05) is 0 Å². The normalized spacial score (nSPS) is 11.9. The molecule has 1 fully saturated rings. The van der Waals surface area contributed by atoms with Gasteiger partial charge in [-0.05, 0) is 243 Å². The van der Waals surface area contributed by atoms with Gasteiger partial charge >= 0.3 is 0 Å². The number of benzene rings is 14. The topological polar surface area (TPSA) is 250 Å². The molecule has 0 saturated carbocycles. The van der Waals surface area contributed by atoms with Crippen LogP contribution in [0.2, 0.25) is 0 Å². The van der Waals surface area contributed by atoms with Crippen LogP contribution < -0.4 is 66.3 Å². The minimum absolute atomic E-state index is 0.166. The van der Waals surface area contributed by atoms with Crippen molar-refractivity contribution in [1.82, 2.24) is 0 Å². The van der Waals surface area contributed by atoms with E-state index in [1.165, 1.54) is 69.0 Å². The molecular weight excluding hydrogens is 1580 g/mol. The van der Waals surface area contributed by atoms with Gasteiger partial charge in [-0.1, -0.05) is 12.1 Å². The van der Waals surface area contributed by atoms with Gasteiger partial charge in [0.05, 0.1) is 70.1 Å². The van der Waals surface area contributed by atoms with Crippen molar-refractivity contribution in [3.63, 3.8) is 0 Å². The molecule has 0 aromatic heterocycles. The molecule has 0 amide bonds. The fourth-order valence-electron chi connectivity index (χ4n) is 13.7. The second kappa shape index (κ2) is 37.2. The Bertz CT molecular complexity index is 5620. The van der Waals surface area contributed by atoms with Gasteiger partial charge in [0.25, 0.3) is 0 Å². The van der Waals surface area contributed by atoms with Crippen LogP contribution in [0.4, 0.5) is 4.39 Å². The smallest absolute Gasteiger partial charge is 0.222 e. The zero-order chi connectivity index (χ0) is 86.5. The number of rotatable bonds is 34. The van der Waals surface area contributed by atoms with Crippen LogP contribution in [-0.4, -0.2) is 105 Å². The van der Waals surface area contributed by atoms with Gasteiger partial charge in [-0.2, -0.15) is 0 Å². The highest BCUT2D eigenvalue weighted by atomic mass is 19.1. The molecule has 0 aliphatic carbocycles. The molecule has 14 aromatic carbocycles. The van der Waals surface area contributed by atoms with Crippen molar-refractivity contribution in [3.8, 4) is 115 Å². The maximum absolute atomic E-state index is 14.9. The van der Waals surface area contributed by atoms with Crippen LogP contribution in [-0.2, 0) is 15.3 Å². The zero-order valence-corrected chi connectivity index (χ0v) is 68.1. The molecule has 124 heavy (non-hydrogen) atoms. The minimum atomic E-state index is -1.56. The molecule has 0 bridgehead atoms. The second-order valence-corrected chi connectivity index (χ2v) is 28.0. The van der Waals surface area contributed by atoms with Gasteiger partial charge in [0, 0.05) is 120 Å². The summed E-state index contributed by atoms with van der Waals surface area (Å²) in [5.41, 5.74) is 4.53. The molecular formula is C101H77FO22. The SMILES string of the molecule is COc1cc(OC)cc(C(=O)c2ccc(Oc3cc(Oc4ccc(C(=O)c5cc(OC)cc(OC)c5)cc4)cc(C(=O)c4ccc(Oc5cc(Oc6ccc(C(=O)c7cc(Oc8ccc(C(=O)c9cc(OC)cc(OC)c9)cc8)cc(Oc8ccc(C(=O)c9cc(OC)cc(OC)c9)cc8)c7)cc6)cc(C6(c7ccc(F)cc7)OCCO6)c5)cc4)c3)cc2)c1. The number of ketones is 6. The lowest BCUT2D eigenvalue weighted by molar-refractivity contribution is -0.130. The highest BCUT2D eigenvalue weighted by Crippen LogP contribution is 2.45. The average Bonchev–Trinajstić information content (AvgIpc) is 1.54. The Morgan fingerprint density at radius 3 is 0.556 bits per heavy atom. The highest BCUT2D eigenvalue weighted by Gasteiger charge is 2.42. The predicted octanol–water partition coefficient (Wildman–Crippen LogP) is 21.3. The van der Waals surface area contributed by atoms with Gasteiger partial charge < -0.3 is 75.8 Å². The summed E-state index contributed by atoms with van der Waals surface area (Å²) in [5.74, 6) is 2.71. The van der Waals surface area contributed by atoms with Gasteiger partial charge in [-0.15, -0.1) is 0 Å². The Labute approximate surface area is 711 Å². The van der Waals surface area contributed by atoms with E-state index in [-0.39, 0.29) is 93.1 Å². The maximum Gasteiger partial charge on any atom is 0.222 e. The Hall–Kier alpha value is -15.9. The van der Waals surface area contributed by atoms with E-state index in [0.29, 0.717) is 136 Å². The van der Waals surface area contributed by atoms with E-state index in [9.17, 15) is 33.2 Å². The van der Waals surface area contributed by atoms with Gasteiger partial charge in [0.15, 0.2) is 34.7 Å². The van der Waals surface area contributed by atoms with Crippen LogP contribution in [0.3, 0.4) is 0 Å². The number of methoxy groups -OCH3 is 8. The molecule has 0 unspecified atom stereocenters. The lowest BCUT2D eigenvalue weighted by atomic mass is 9.96. The quantitative estimate of drug-likeness (QED) is 0.0340. The van der Waals surface area contributed by atoms with Crippen LogP contribution in [0, 0.1) is 5.82 Å². The van der Waals surface area contributed by atoms with Gasteiger partial charge in [0.1, 0.15) is 121 Å². The second-order valence-electron chi connectivity index (χ2n) is 28.0. The molecule has 0 radical (unpaired) electrons. The number of carbonyl (C=O) groups excluding carboxylic acids is 6. The summed E-state index contributed by atoms with van der Waals surface area (Å²) in [6, 6.07) is 78.6. The monoisotopic (exact) mass is 1660 g/mol. The summed E-state index contributed by atoms with van der Waals surface area (Å²) >= 11 is 0. The highest BCUT2D eigenvalue weighted by molar-refractivity contribution is 6.13. The number of ether oxygens (including phenoxy) is 16. The van der Waals surface area contributed by atoms with E-state index in [2.05, 4.69) is 0 Å². The molecule has 0 N–H and O–H groups in total. The Morgan fingerprint density at radius 2 is 0.371 bits per heavy atom. The molecule has 0 atom stereocenters. The van der Waals surface area contributed by atoms with Gasteiger partial charge in [0.2, 0.25) is 5.79 Å². The first-order valence-corrected chi connectivity index (χ1v) is 38.6. The lowest BCUT2D eigenvalue weighted by Crippen LogP contribution is -2.28. The van der Waals surface area contributed by atoms with E-state index in [0.717, 1.165) is 0 Å². The number of carbonyl (C=O) groups is 6. The van der Waals surface area contributed by atoms with Gasteiger partial charge in [-0.25, -0.2) is 4.39 Å². The first-order valence-electron chi connectivity index (χ1n) is 38.6. The molecule has 14 aromatic rings. The maximum atomic E-state index is 14.9. The van der Waals surface area contributed by atoms with Crippen LogP contribution in [0.5, 0.6) is 115 Å². The molecule has 15 rings (SSSR count). The molecule has 1 saturated heterocycles. The molecule has 1 aliphatic rings. The molecule has 22 nitrogen and oxygen atoms in total. The first-order chi connectivity index (χ1) is 60.2. The van der Waals surface area contributed by atoms with Crippen molar-refractivity contribution < 1.29 is 109 Å². The van der Waals surface area contributed by atoms with Gasteiger partial charge in [-0.3, -0.25) is 28.8 Å². The van der Waals surface area contributed by atoms with Crippen LogP contribution in [0.1, 0.15) is 107 Å². The predicted molar refractivity (Wildman–Crippen MR) is 456 cm³/mol. The van der Waals surface area contributed by atoms with Crippen molar-refractivity contribution in [1.29, 1.82) is 0 Å². The fraction of sp³-hybridized carbons (Fsp3) is 0.109. The van der Waals surface area contributed by atoms with Crippen LogP contribution >= 0.6 is 0 Å². The zero-order valence-electron chi connectivity index (χ0n) is 68.1. The number of hydrogen-bond acceptors (Lipinski definition) is 22. The Morgan fingerprint density at radius 1 is 0.202 bits per heavy atom. The van der Waals surface area contributed by atoms with E-state index in [1.54, 1.807) is 285 Å². The van der Waals surface area contributed by atoms with Crippen molar-refractivity contribution >= 4 is 34.7 Å². The number of halogens is 1. The minimum Gasteiger partial charge on any atom is -0.497 e. The fourth-order valence-corrected chi connectivity index (χ4v) is 13.7. The van der Waals surface area contributed by atoms with Crippen molar-refractivity contribution in [3.05, 3.63) is 381 Å². The third-order valence-electron chi connectivity index (χ3n) is 20.0. The number of hydrogen-bond donors (Lipinski definition) is 0. The molecule has 1 aliphatic heterocycles. The summed E-state index contributed by atoms with van der Waals surface area (Å²) in [5, 5.41) is 0. The largest absolute Gasteiger partial charge is 0.497 e. The summed E-state index contributed by atoms with van der Waals surface area (Å²) in [7, 11) is 12.0. The van der Waals surface area contributed by atoms with Crippen LogP contribution in [0.25, 0.3) is 0 Å². The summed E-state index contributed by atoms with van der Waals surface area (Å²) in [6.07, 6.45) is 0. The Balaban J connectivity index is 0.698. The summed E-state index contributed by atoms with van der Waals surface area (Å²) < 4.78 is 110. The molecule has 1 heterocycles. The standard InChI is InChI=1S/C101H77FO22/c1-109-81-39-66(40-82(53-81)110-2)95(103)60-9-25-75(26-10-60)119-89-47-70(48-90(57-89)120-76-27-11-61(12-28-76)96(104)67-41-83(111-3)54-84(42-67)112-4)99(107)64-17-33-79(34-18-64)123-93-51-73(101(117-37-38-118-101)72-21-23-74(102)24-22-72)52-94(59-93)124-80-35-19-65(20-36-80)100(108)71-49-91(121-77-29-13-62(14-30-77)97(105)68-43-85(113-5)55-86(44-68)114-6)58-92(50-71)122-78-31-15-63(16-32-78)98(106)69-45-87(115-7)56-88(46-69)116-8/h9-36,39-59H,37-38H2,1-8H3. The lowest BCUT2D eigenvalue weighted by Gasteiger charge is -2.29. The third-order valence-corrected chi connectivity index (χ3v) is 20.0. The molecule has 0 spiro atoms. The summed E-state index contributed by atoms with van der Waals surface area (Å²) in [4.78, 5) is 84.8. The Kier molecular flexibility index (Phi) is 25.0. The van der Waals surface area contributed by atoms with E-state index in [4.69, 9.17) is 75.8 Å². The third kappa shape index (κ3) is 19.2. The van der Waals surface area contributed by atoms with Crippen LogP contribution in [0.15, 0.2) is 297 Å². The van der Waals surface area contributed by atoms with Crippen molar-refractivity contribution in [2.24, 2.45) is 0 Å². The summed E-state index contributed by atoms with van der Waals surface area (Å²) in [6.45, 7) is 0.360. The molecule has 23 heteroatoms. The van der Waals surface area contributed by atoms with Crippen molar-refractivity contribution in [2.75, 3.05) is 70.1 Å². The average molecular weight is 1660 g/mol. The van der Waals surface area contributed by atoms with E-state index < -0.39 is 23.2 Å². The molecule has 620 valence electrons.